The molecule has 1 fully saturated rings. The molecule has 0 aliphatic carbocycles. The van der Waals surface area contributed by atoms with Gasteiger partial charge in [0, 0.05) is 5.69 Å². The first-order valence-electron chi connectivity index (χ1n) is 8.27. The fourth-order valence-corrected chi connectivity index (χ4v) is 3.03. The number of hydrogen-bond acceptors (Lipinski definition) is 3. The number of aliphatic hydroxyl groups is 1. The van der Waals surface area contributed by atoms with E-state index in [0.29, 0.717) is 0 Å². The summed E-state index contributed by atoms with van der Waals surface area (Å²) in [6.07, 6.45) is -5.53. The van der Waals surface area contributed by atoms with E-state index in [-0.39, 0.29) is 12.1 Å². The van der Waals surface area contributed by atoms with Crippen molar-refractivity contribution in [3.05, 3.63) is 65.7 Å². The molecule has 27 heavy (non-hydrogen) atoms. The topological polar surface area (TPSA) is 78.4 Å². The van der Waals surface area contributed by atoms with Crippen LogP contribution in [0.15, 0.2) is 54.6 Å². The molecule has 2 amide bonds. The summed E-state index contributed by atoms with van der Waals surface area (Å²) < 4.78 is 37.7. The Hall–Kier alpha value is -2.87. The van der Waals surface area contributed by atoms with Gasteiger partial charge in [-0.25, -0.2) is 0 Å². The Bertz CT molecular complexity index is 822. The third-order valence-corrected chi connectivity index (χ3v) is 4.43. The van der Waals surface area contributed by atoms with Crippen molar-refractivity contribution in [2.24, 2.45) is 5.92 Å². The molecule has 142 valence electrons. The molecular formula is C19H17F3N2O3. The summed E-state index contributed by atoms with van der Waals surface area (Å²) in [4.78, 5) is 24.7. The van der Waals surface area contributed by atoms with Crippen molar-refractivity contribution in [3.63, 3.8) is 0 Å². The van der Waals surface area contributed by atoms with Crippen LogP contribution in [-0.2, 0) is 15.8 Å². The highest BCUT2D eigenvalue weighted by molar-refractivity contribution is 6.07. The average molecular weight is 378 g/mol. The van der Waals surface area contributed by atoms with Gasteiger partial charge in [0.15, 0.2) is 0 Å². The minimum atomic E-state index is -4.48. The molecule has 0 spiro atoms. The zero-order valence-corrected chi connectivity index (χ0v) is 14.0. The van der Waals surface area contributed by atoms with Crippen molar-refractivity contribution < 1.29 is 27.9 Å². The van der Waals surface area contributed by atoms with E-state index in [4.69, 9.17) is 0 Å². The third-order valence-electron chi connectivity index (χ3n) is 4.43. The van der Waals surface area contributed by atoms with Gasteiger partial charge < -0.3 is 15.7 Å². The van der Waals surface area contributed by atoms with Gasteiger partial charge in [0.2, 0.25) is 11.8 Å². The number of anilines is 1. The number of amides is 2. The molecule has 1 aliphatic rings. The number of hydrogen-bond donors (Lipinski definition) is 3. The van der Waals surface area contributed by atoms with Gasteiger partial charge >= 0.3 is 6.18 Å². The van der Waals surface area contributed by atoms with Crippen LogP contribution < -0.4 is 10.6 Å². The molecule has 1 saturated heterocycles. The number of benzene rings is 2. The lowest BCUT2D eigenvalue weighted by atomic mass is 9.87. The van der Waals surface area contributed by atoms with Crippen molar-refractivity contribution in [3.8, 4) is 0 Å². The second-order valence-electron chi connectivity index (χ2n) is 6.32. The van der Waals surface area contributed by atoms with Crippen LogP contribution in [0.5, 0.6) is 0 Å². The first-order chi connectivity index (χ1) is 12.8. The van der Waals surface area contributed by atoms with Crippen LogP contribution in [0.25, 0.3) is 0 Å². The average Bonchev–Trinajstić information content (AvgIpc) is 2.61. The van der Waals surface area contributed by atoms with Crippen LogP contribution in [0.3, 0.4) is 0 Å². The predicted octanol–water partition coefficient (Wildman–Crippen LogP) is 2.88. The highest BCUT2D eigenvalue weighted by Gasteiger charge is 2.40. The second kappa shape index (κ2) is 7.40. The zero-order chi connectivity index (χ0) is 19.6. The Balaban J connectivity index is 1.67. The Kier molecular flexibility index (Phi) is 5.18. The van der Waals surface area contributed by atoms with Gasteiger partial charge in [-0.2, -0.15) is 13.2 Å². The van der Waals surface area contributed by atoms with Crippen LogP contribution in [-0.4, -0.2) is 23.0 Å². The maximum absolute atomic E-state index is 12.6. The Morgan fingerprint density at radius 2 is 1.70 bits per heavy atom. The summed E-state index contributed by atoms with van der Waals surface area (Å²) in [6.45, 7) is 0. The molecule has 5 nitrogen and oxygen atoms in total. The Morgan fingerprint density at radius 1 is 1.07 bits per heavy atom. The van der Waals surface area contributed by atoms with E-state index in [9.17, 15) is 27.9 Å². The van der Waals surface area contributed by atoms with E-state index in [2.05, 4.69) is 10.6 Å². The van der Waals surface area contributed by atoms with E-state index in [1.54, 1.807) is 24.3 Å². The quantitative estimate of drug-likeness (QED) is 0.719. The normalized spacial score (nSPS) is 22.8. The fraction of sp³-hybridized carbons (Fsp3) is 0.263. The number of piperidine rings is 1. The molecule has 1 heterocycles. The Morgan fingerprint density at radius 3 is 2.26 bits per heavy atom. The molecule has 2 aromatic carbocycles. The summed E-state index contributed by atoms with van der Waals surface area (Å²) in [5.74, 6) is -2.74. The highest BCUT2D eigenvalue weighted by atomic mass is 19.4. The molecule has 0 aromatic heterocycles. The lowest BCUT2D eigenvalue weighted by Crippen LogP contribution is -2.51. The minimum Gasteiger partial charge on any atom is -0.392 e. The van der Waals surface area contributed by atoms with Gasteiger partial charge in [0.1, 0.15) is 5.92 Å². The summed E-state index contributed by atoms with van der Waals surface area (Å²) in [5.41, 5.74) is 0.0753. The van der Waals surface area contributed by atoms with Crippen molar-refractivity contribution in [2.75, 3.05) is 5.32 Å². The molecule has 3 unspecified atom stereocenters. The van der Waals surface area contributed by atoms with Crippen molar-refractivity contribution in [1.29, 1.82) is 0 Å². The van der Waals surface area contributed by atoms with Crippen LogP contribution >= 0.6 is 0 Å². The summed E-state index contributed by atoms with van der Waals surface area (Å²) >= 11 is 0. The SMILES string of the molecule is O=C(Nc1ccc(C(F)(F)F)cc1)C1C(=O)NC(c2ccccc2)CC1O. The zero-order valence-electron chi connectivity index (χ0n) is 14.0. The molecule has 3 atom stereocenters. The molecule has 3 rings (SSSR count). The smallest absolute Gasteiger partial charge is 0.392 e. The number of carbonyl (C=O) groups is 2. The molecular weight excluding hydrogens is 361 g/mol. The van der Waals surface area contributed by atoms with E-state index in [1.165, 1.54) is 0 Å². The van der Waals surface area contributed by atoms with Crippen LogP contribution in [0.4, 0.5) is 18.9 Å². The van der Waals surface area contributed by atoms with Crippen LogP contribution in [0.2, 0.25) is 0 Å². The number of nitrogens with one attached hydrogen (secondary N) is 2. The second-order valence-corrected chi connectivity index (χ2v) is 6.32. The molecule has 3 N–H and O–H groups in total. The van der Waals surface area contributed by atoms with Crippen LogP contribution in [0.1, 0.15) is 23.6 Å². The lowest BCUT2D eigenvalue weighted by Gasteiger charge is -2.32. The maximum Gasteiger partial charge on any atom is 0.416 e. The van der Waals surface area contributed by atoms with Crippen molar-refractivity contribution >= 4 is 17.5 Å². The fourth-order valence-electron chi connectivity index (χ4n) is 3.03. The summed E-state index contributed by atoms with van der Waals surface area (Å²) in [6, 6.07) is 12.5. The van der Waals surface area contributed by atoms with Gasteiger partial charge in [0.05, 0.1) is 17.7 Å². The molecule has 8 heteroatoms. The summed E-state index contributed by atoms with van der Waals surface area (Å²) in [5, 5.41) is 15.4. The Labute approximate surface area is 153 Å². The molecule has 1 aliphatic heterocycles. The number of rotatable bonds is 3. The standard InChI is InChI=1S/C19H17F3N2O3/c20-19(21,22)12-6-8-13(9-7-12)23-17(26)16-15(25)10-14(24-18(16)27)11-4-2-1-3-5-11/h1-9,14-16,25H,10H2,(H,23,26)(H,24,27). The lowest BCUT2D eigenvalue weighted by molar-refractivity contribution is -0.141. The first kappa shape index (κ1) is 18.9. The molecule has 0 saturated carbocycles. The number of aliphatic hydroxyl groups excluding tert-OH is 1. The number of halogens is 3. The maximum atomic E-state index is 12.6. The number of alkyl halides is 3. The molecule has 0 bridgehead atoms. The minimum absolute atomic E-state index is 0.109. The highest BCUT2D eigenvalue weighted by Crippen LogP contribution is 2.31. The monoisotopic (exact) mass is 378 g/mol. The molecule has 0 radical (unpaired) electrons. The van der Waals surface area contributed by atoms with Gasteiger partial charge in [0.25, 0.3) is 0 Å². The summed E-state index contributed by atoms with van der Waals surface area (Å²) in [7, 11) is 0. The van der Waals surface area contributed by atoms with Gasteiger partial charge in [-0.15, -0.1) is 0 Å². The van der Waals surface area contributed by atoms with Gasteiger partial charge in [-0.05, 0) is 36.2 Å². The largest absolute Gasteiger partial charge is 0.416 e. The van der Waals surface area contributed by atoms with E-state index in [0.717, 1.165) is 29.8 Å². The van der Waals surface area contributed by atoms with Crippen molar-refractivity contribution in [2.45, 2.75) is 24.7 Å². The van der Waals surface area contributed by atoms with Gasteiger partial charge in [-0.3, -0.25) is 9.59 Å². The van der Waals surface area contributed by atoms with E-state index in [1.807, 2.05) is 6.07 Å². The number of carbonyl (C=O) groups excluding carboxylic acids is 2. The third kappa shape index (κ3) is 4.28. The van der Waals surface area contributed by atoms with Gasteiger partial charge in [-0.1, -0.05) is 30.3 Å². The molecule has 2 aromatic rings. The predicted molar refractivity (Wildman–Crippen MR) is 91.5 cm³/mol. The van der Waals surface area contributed by atoms with Crippen LogP contribution in [0, 0.1) is 5.92 Å². The van der Waals surface area contributed by atoms with E-state index < -0.39 is 41.6 Å². The van der Waals surface area contributed by atoms with Crippen molar-refractivity contribution in [1.82, 2.24) is 5.32 Å². The first-order valence-corrected chi connectivity index (χ1v) is 8.27. The van der Waals surface area contributed by atoms with E-state index >= 15 is 0 Å².